The molecule has 1 aromatic carbocycles. The Morgan fingerprint density at radius 1 is 1.21 bits per heavy atom. The summed E-state index contributed by atoms with van der Waals surface area (Å²) in [4.78, 5) is 14.8. The summed E-state index contributed by atoms with van der Waals surface area (Å²) in [5.74, 6) is -0.128. The van der Waals surface area contributed by atoms with Gasteiger partial charge in [0.05, 0.1) is 11.3 Å². The van der Waals surface area contributed by atoms with Crippen molar-refractivity contribution in [3.63, 3.8) is 0 Å². The van der Waals surface area contributed by atoms with Gasteiger partial charge in [0.2, 0.25) is 15.9 Å². The van der Waals surface area contributed by atoms with E-state index in [1.54, 1.807) is 11.0 Å². The molecule has 0 saturated carbocycles. The molecule has 8 heteroatoms. The van der Waals surface area contributed by atoms with E-state index in [4.69, 9.17) is 11.6 Å². The fourth-order valence-electron chi connectivity index (χ4n) is 2.63. The van der Waals surface area contributed by atoms with Crippen molar-refractivity contribution in [2.24, 2.45) is 0 Å². The Labute approximate surface area is 150 Å². The standard InChI is InChI=1S/C16H17ClN2O3S2/c1-24(21,22)19-10-8-18(9-11-19)15(20)7-6-14-16(17)12-4-2-3-5-13(12)23-14/h2-7H,8-11H2,1H3/b7-6+. The Morgan fingerprint density at radius 2 is 1.88 bits per heavy atom. The van der Waals surface area contributed by atoms with E-state index in [2.05, 4.69) is 0 Å². The summed E-state index contributed by atoms with van der Waals surface area (Å²) >= 11 is 7.90. The molecule has 2 aromatic rings. The van der Waals surface area contributed by atoms with Crippen LogP contribution >= 0.6 is 22.9 Å². The van der Waals surface area contributed by atoms with Crippen molar-refractivity contribution in [2.75, 3.05) is 32.4 Å². The van der Waals surface area contributed by atoms with Crippen molar-refractivity contribution in [1.82, 2.24) is 9.21 Å². The van der Waals surface area contributed by atoms with Crippen LogP contribution in [0, 0.1) is 0 Å². The normalized spacial score (nSPS) is 17.0. The number of hydrogen-bond donors (Lipinski definition) is 0. The number of amides is 1. The topological polar surface area (TPSA) is 57.7 Å². The summed E-state index contributed by atoms with van der Waals surface area (Å²) in [6.45, 7) is 1.47. The van der Waals surface area contributed by atoms with Crippen LogP contribution in [0.2, 0.25) is 5.02 Å². The van der Waals surface area contributed by atoms with Gasteiger partial charge in [-0.3, -0.25) is 4.79 Å². The Morgan fingerprint density at radius 3 is 2.50 bits per heavy atom. The Balaban J connectivity index is 1.68. The molecule has 0 bridgehead atoms. The van der Waals surface area contributed by atoms with Crippen LogP contribution in [0.15, 0.2) is 30.3 Å². The van der Waals surface area contributed by atoms with Crippen molar-refractivity contribution < 1.29 is 13.2 Å². The average Bonchev–Trinajstić information content (AvgIpc) is 2.88. The molecule has 1 aromatic heterocycles. The monoisotopic (exact) mass is 384 g/mol. The molecule has 0 spiro atoms. The molecule has 0 unspecified atom stereocenters. The van der Waals surface area contributed by atoms with E-state index < -0.39 is 10.0 Å². The largest absolute Gasteiger partial charge is 0.337 e. The minimum absolute atomic E-state index is 0.128. The maximum absolute atomic E-state index is 12.3. The molecule has 1 amide bonds. The second-order valence-corrected chi connectivity index (χ2v) is 9.04. The predicted octanol–water partition coefficient (Wildman–Crippen LogP) is 2.67. The average molecular weight is 385 g/mol. The lowest BCUT2D eigenvalue weighted by atomic mass is 10.2. The summed E-state index contributed by atoms with van der Waals surface area (Å²) in [5, 5.41) is 1.64. The number of carbonyl (C=O) groups is 1. The summed E-state index contributed by atoms with van der Waals surface area (Å²) in [6, 6.07) is 7.84. The number of nitrogens with zero attached hydrogens (tertiary/aromatic N) is 2. The van der Waals surface area contributed by atoms with Crippen molar-refractivity contribution in [3.05, 3.63) is 40.2 Å². The molecule has 2 heterocycles. The van der Waals surface area contributed by atoms with E-state index >= 15 is 0 Å². The van der Waals surface area contributed by atoms with E-state index in [9.17, 15) is 13.2 Å². The Kier molecular flexibility index (Phi) is 4.96. The number of carbonyl (C=O) groups excluding carboxylic acids is 1. The highest BCUT2D eigenvalue weighted by atomic mass is 35.5. The maximum Gasteiger partial charge on any atom is 0.246 e. The summed E-state index contributed by atoms with van der Waals surface area (Å²) < 4.78 is 25.5. The summed E-state index contributed by atoms with van der Waals surface area (Å²) in [6.07, 6.45) is 4.43. The van der Waals surface area contributed by atoms with Crippen LogP contribution < -0.4 is 0 Å². The lowest BCUT2D eigenvalue weighted by Crippen LogP contribution is -2.49. The molecule has 1 fully saturated rings. The Bertz CT molecular complexity index is 897. The van der Waals surface area contributed by atoms with Gasteiger partial charge in [-0.05, 0) is 12.1 Å². The zero-order valence-electron chi connectivity index (χ0n) is 13.1. The molecule has 128 valence electrons. The molecule has 0 N–H and O–H groups in total. The van der Waals surface area contributed by atoms with Crippen LogP contribution in [-0.2, 0) is 14.8 Å². The number of hydrogen-bond acceptors (Lipinski definition) is 4. The molecule has 24 heavy (non-hydrogen) atoms. The highest BCUT2D eigenvalue weighted by molar-refractivity contribution is 7.88. The second-order valence-electron chi connectivity index (χ2n) is 5.60. The Hall–Kier alpha value is -1.41. The van der Waals surface area contributed by atoms with Gasteiger partial charge in [0.25, 0.3) is 0 Å². The van der Waals surface area contributed by atoms with Gasteiger partial charge in [0.1, 0.15) is 0 Å². The van der Waals surface area contributed by atoms with Crippen LogP contribution in [0.5, 0.6) is 0 Å². The highest BCUT2D eigenvalue weighted by Crippen LogP contribution is 2.35. The van der Waals surface area contributed by atoms with Crippen LogP contribution in [0.4, 0.5) is 0 Å². The molecule has 5 nitrogen and oxygen atoms in total. The highest BCUT2D eigenvalue weighted by Gasteiger charge is 2.25. The molecule has 0 radical (unpaired) electrons. The smallest absolute Gasteiger partial charge is 0.246 e. The van der Waals surface area contributed by atoms with E-state index in [0.29, 0.717) is 31.2 Å². The molecule has 1 aliphatic rings. The minimum Gasteiger partial charge on any atom is -0.337 e. The van der Waals surface area contributed by atoms with Crippen molar-refractivity contribution in [3.8, 4) is 0 Å². The maximum atomic E-state index is 12.3. The van der Waals surface area contributed by atoms with Gasteiger partial charge in [-0.25, -0.2) is 8.42 Å². The minimum atomic E-state index is -3.19. The van der Waals surface area contributed by atoms with E-state index in [-0.39, 0.29) is 5.91 Å². The third-order valence-corrected chi connectivity index (χ3v) is 6.91. The van der Waals surface area contributed by atoms with Crippen molar-refractivity contribution >= 4 is 55.0 Å². The van der Waals surface area contributed by atoms with Gasteiger partial charge in [0.15, 0.2) is 0 Å². The zero-order chi connectivity index (χ0) is 17.3. The summed E-state index contributed by atoms with van der Waals surface area (Å²) in [7, 11) is -3.19. The zero-order valence-corrected chi connectivity index (χ0v) is 15.5. The van der Waals surface area contributed by atoms with Crippen LogP contribution in [0.25, 0.3) is 16.2 Å². The first-order valence-corrected chi connectivity index (χ1v) is 10.5. The van der Waals surface area contributed by atoms with E-state index in [1.165, 1.54) is 28.0 Å². The van der Waals surface area contributed by atoms with Gasteiger partial charge in [-0.1, -0.05) is 29.8 Å². The quantitative estimate of drug-likeness (QED) is 0.764. The molecule has 1 saturated heterocycles. The molecule has 0 atom stereocenters. The number of sulfonamides is 1. The number of fused-ring (bicyclic) bond motifs is 1. The third-order valence-electron chi connectivity index (χ3n) is 3.96. The number of benzene rings is 1. The molecule has 3 rings (SSSR count). The fourth-order valence-corrected chi connectivity index (χ4v) is 4.86. The number of piperazine rings is 1. The number of thiophene rings is 1. The van der Waals surface area contributed by atoms with Gasteiger partial charge in [-0.2, -0.15) is 4.31 Å². The molecule has 1 aliphatic heterocycles. The van der Waals surface area contributed by atoms with Gasteiger partial charge >= 0.3 is 0 Å². The SMILES string of the molecule is CS(=O)(=O)N1CCN(C(=O)/C=C/c2sc3ccccc3c2Cl)CC1. The molecular weight excluding hydrogens is 368 g/mol. The summed E-state index contributed by atoms with van der Waals surface area (Å²) in [5.41, 5.74) is 0. The number of rotatable bonds is 3. The van der Waals surface area contributed by atoms with Crippen LogP contribution in [0.1, 0.15) is 4.88 Å². The van der Waals surface area contributed by atoms with E-state index in [0.717, 1.165) is 15.0 Å². The molecular formula is C16H17ClN2O3S2. The van der Waals surface area contributed by atoms with Gasteiger partial charge in [0, 0.05) is 47.2 Å². The fraction of sp³-hybridized carbons (Fsp3) is 0.312. The van der Waals surface area contributed by atoms with E-state index in [1.807, 2.05) is 24.3 Å². The van der Waals surface area contributed by atoms with Gasteiger partial charge < -0.3 is 4.90 Å². The lowest BCUT2D eigenvalue weighted by molar-refractivity contribution is -0.127. The van der Waals surface area contributed by atoms with Crippen LogP contribution in [0.3, 0.4) is 0 Å². The first kappa shape index (κ1) is 17.4. The first-order valence-electron chi connectivity index (χ1n) is 7.45. The van der Waals surface area contributed by atoms with Crippen molar-refractivity contribution in [2.45, 2.75) is 0 Å². The number of halogens is 1. The van der Waals surface area contributed by atoms with Crippen molar-refractivity contribution in [1.29, 1.82) is 0 Å². The first-order chi connectivity index (χ1) is 11.4. The lowest BCUT2D eigenvalue weighted by Gasteiger charge is -2.32. The second kappa shape index (κ2) is 6.84. The van der Waals surface area contributed by atoms with Crippen LogP contribution in [-0.4, -0.2) is 56.0 Å². The third kappa shape index (κ3) is 3.64. The van der Waals surface area contributed by atoms with Gasteiger partial charge in [-0.15, -0.1) is 11.3 Å². The molecule has 0 aliphatic carbocycles. The predicted molar refractivity (Wildman–Crippen MR) is 98.9 cm³/mol.